The maximum atomic E-state index is 12.4. The second-order valence-corrected chi connectivity index (χ2v) is 6.91. The number of nitrogens with one attached hydrogen (secondary N) is 1. The fourth-order valence-corrected chi connectivity index (χ4v) is 2.79. The summed E-state index contributed by atoms with van der Waals surface area (Å²) in [4.78, 5) is 25.9. The van der Waals surface area contributed by atoms with Crippen molar-refractivity contribution in [3.8, 4) is 5.75 Å². The van der Waals surface area contributed by atoms with Crippen LogP contribution < -0.4 is 27.7 Å². The lowest BCUT2D eigenvalue weighted by atomic mass is 10.1. The number of carbonyl (C=O) groups is 1. The first-order valence-corrected chi connectivity index (χ1v) is 9.30. The fourth-order valence-electron chi connectivity index (χ4n) is 2.79. The molecule has 0 spiro atoms. The van der Waals surface area contributed by atoms with Gasteiger partial charge in [0.15, 0.2) is 5.78 Å². The lowest BCUT2D eigenvalue weighted by Crippen LogP contribution is -3.05. The molecule has 2 aromatic carbocycles. The molecule has 6 heteroatoms. The van der Waals surface area contributed by atoms with E-state index in [1.165, 1.54) is 11.0 Å². The van der Waals surface area contributed by atoms with Gasteiger partial charge in [0.1, 0.15) is 16.9 Å². The molecule has 0 fully saturated rings. The van der Waals surface area contributed by atoms with E-state index in [2.05, 4.69) is 14.1 Å². The van der Waals surface area contributed by atoms with Crippen molar-refractivity contribution >= 4 is 22.8 Å². The highest BCUT2D eigenvalue weighted by molar-refractivity contribution is 6.07. The van der Waals surface area contributed by atoms with Crippen LogP contribution >= 0.6 is 0 Å². The Labute approximate surface area is 176 Å². The summed E-state index contributed by atoms with van der Waals surface area (Å²) < 4.78 is 10.9. The number of ketones is 1. The van der Waals surface area contributed by atoms with Gasteiger partial charge in [-0.05, 0) is 35.9 Å². The maximum Gasteiger partial charge on any atom is 0.347 e. The Bertz CT molecular complexity index is 1040. The van der Waals surface area contributed by atoms with E-state index in [1.807, 2.05) is 30.3 Å². The van der Waals surface area contributed by atoms with Crippen LogP contribution in [0.1, 0.15) is 22.3 Å². The number of ether oxygens (including phenoxy) is 1. The molecule has 5 nitrogen and oxygen atoms in total. The second kappa shape index (κ2) is 10.6. The zero-order valence-corrected chi connectivity index (χ0v) is 17.2. The molecule has 0 unspecified atom stereocenters. The molecule has 0 atom stereocenters. The minimum absolute atomic E-state index is 0. The number of halogens is 1. The topological polar surface area (TPSA) is 61.0 Å². The molecule has 1 aromatic heterocycles. The van der Waals surface area contributed by atoms with Crippen molar-refractivity contribution < 1.29 is 31.3 Å². The third-order valence-corrected chi connectivity index (χ3v) is 4.30. The highest BCUT2D eigenvalue weighted by atomic mass is 35.5. The van der Waals surface area contributed by atoms with Gasteiger partial charge < -0.3 is 26.5 Å². The largest absolute Gasteiger partial charge is 1.00 e. The zero-order chi connectivity index (χ0) is 19.9. The van der Waals surface area contributed by atoms with Gasteiger partial charge in [-0.1, -0.05) is 36.4 Å². The zero-order valence-electron chi connectivity index (χ0n) is 16.5. The van der Waals surface area contributed by atoms with Crippen LogP contribution in [0.5, 0.6) is 5.75 Å². The number of benzene rings is 2. The van der Waals surface area contributed by atoms with Crippen molar-refractivity contribution in [2.24, 2.45) is 0 Å². The molecule has 0 aliphatic rings. The number of carbonyl (C=O) groups excluding carboxylic acids is 1. The molecule has 0 amide bonds. The van der Waals surface area contributed by atoms with Gasteiger partial charge in [-0.15, -0.1) is 0 Å². The van der Waals surface area contributed by atoms with Gasteiger partial charge >= 0.3 is 5.63 Å². The second-order valence-electron chi connectivity index (χ2n) is 6.91. The van der Waals surface area contributed by atoms with E-state index in [1.54, 1.807) is 30.3 Å². The standard InChI is InChI=1S/C23H23NO4.ClH/c1-24(2)14-5-15-27-19-11-8-17(9-12-19)10-13-21(25)20-16-18-6-3-4-7-22(18)28-23(20)26;/h3-4,6-13,16H,5,14-15H2,1-2H3;1H/b13-10+;. The van der Waals surface area contributed by atoms with Crippen molar-refractivity contribution in [2.45, 2.75) is 6.42 Å². The summed E-state index contributed by atoms with van der Waals surface area (Å²) in [6, 6.07) is 16.2. The van der Waals surface area contributed by atoms with Crippen LogP contribution in [0.15, 0.2) is 69.9 Å². The van der Waals surface area contributed by atoms with E-state index in [0.717, 1.165) is 29.7 Å². The van der Waals surface area contributed by atoms with Crippen molar-refractivity contribution in [1.82, 2.24) is 0 Å². The first-order valence-electron chi connectivity index (χ1n) is 9.30. The van der Waals surface area contributed by atoms with Crippen molar-refractivity contribution in [3.05, 3.63) is 82.2 Å². The third kappa shape index (κ3) is 6.31. The lowest BCUT2D eigenvalue weighted by molar-refractivity contribution is -0.858. The minimum atomic E-state index is -0.628. The molecule has 0 saturated carbocycles. The van der Waals surface area contributed by atoms with Gasteiger partial charge in [0.25, 0.3) is 0 Å². The molecule has 1 N–H and O–H groups in total. The van der Waals surface area contributed by atoms with Crippen LogP contribution in [0.3, 0.4) is 0 Å². The Hall–Kier alpha value is -2.89. The summed E-state index contributed by atoms with van der Waals surface area (Å²) in [6.07, 6.45) is 4.06. The molecule has 1 heterocycles. The van der Waals surface area contributed by atoms with Crippen LogP contribution in [-0.4, -0.2) is 33.0 Å². The molecule has 3 rings (SSSR count). The Morgan fingerprint density at radius 2 is 1.83 bits per heavy atom. The van der Waals surface area contributed by atoms with Crippen LogP contribution in [0.4, 0.5) is 0 Å². The normalized spacial score (nSPS) is 11.0. The number of rotatable bonds is 8. The van der Waals surface area contributed by atoms with Crippen molar-refractivity contribution in [3.63, 3.8) is 0 Å². The molecule has 152 valence electrons. The summed E-state index contributed by atoms with van der Waals surface area (Å²) in [7, 11) is 4.23. The Balaban J connectivity index is 0.00000300. The summed E-state index contributed by atoms with van der Waals surface area (Å²) in [5.74, 6) is 0.415. The number of hydrogen-bond acceptors (Lipinski definition) is 4. The van der Waals surface area contributed by atoms with Crippen molar-refractivity contribution in [1.29, 1.82) is 0 Å². The van der Waals surface area contributed by atoms with Crippen LogP contribution in [-0.2, 0) is 0 Å². The SMILES string of the molecule is C[NH+](C)CCCOc1ccc(/C=C/C(=O)c2cc3ccccc3oc2=O)cc1.[Cl-]. The number of para-hydroxylation sites is 1. The van der Waals surface area contributed by atoms with Crippen LogP contribution in [0.2, 0.25) is 0 Å². The average Bonchev–Trinajstić information content (AvgIpc) is 2.69. The van der Waals surface area contributed by atoms with Gasteiger partial charge in [-0.3, -0.25) is 4.79 Å². The predicted octanol–water partition coefficient (Wildman–Crippen LogP) is -0.393. The third-order valence-electron chi connectivity index (χ3n) is 4.30. The Morgan fingerprint density at radius 3 is 2.55 bits per heavy atom. The van der Waals surface area contributed by atoms with Gasteiger partial charge in [0, 0.05) is 11.8 Å². The number of hydrogen-bond donors (Lipinski definition) is 1. The quantitative estimate of drug-likeness (QED) is 0.236. The number of fused-ring (bicyclic) bond motifs is 1. The van der Waals surface area contributed by atoms with E-state index in [-0.39, 0.29) is 23.8 Å². The van der Waals surface area contributed by atoms with Crippen LogP contribution in [0.25, 0.3) is 17.0 Å². The highest BCUT2D eigenvalue weighted by Gasteiger charge is 2.11. The Kier molecular flexibility index (Phi) is 8.19. The Morgan fingerprint density at radius 1 is 1.10 bits per heavy atom. The molecular weight excluding hydrogens is 390 g/mol. The summed E-state index contributed by atoms with van der Waals surface area (Å²) in [6.45, 7) is 1.74. The van der Waals surface area contributed by atoms with E-state index in [9.17, 15) is 9.59 Å². The van der Waals surface area contributed by atoms with Crippen molar-refractivity contribution in [2.75, 3.05) is 27.2 Å². The fraction of sp³-hybridized carbons (Fsp3) is 0.217. The van der Waals surface area contributed by atoms with Gasteiger partial charge in [-0.25, -0.2) is 4.79 Å². The number of quaternary nitrogens is 1. The lowest BCUT2D eigenvalue weighted by Gasteiger charge is -2.08. The molecule has 0 aliphatic heterocycles. The highest BCUT2D eigenvalue weighted by Crippen LogP contribution is 2.15. The van der Waals surface area contributed by atoms with E-state index >= 15 is 0 Å². The minimum Gasteiger partial charge on any atom is -1.00 e. The van der Waals surface area contributed by atoms with Gasteiger partial charge in [0.2, 0.25) is 0 Å². The first-order chi connectivity index (χ1) is 13.5. The monoisotopic (exact) mass is 413 g/mol. The van der Waals surface area contributed by atoms with Crippen LogP contribution in [0, 0.1) is 0 Å². The summed E-state index contributed by atoms with van der Waals surface area (Å²) >= 11 is 0. The molecule has 0 radical (unpaired) electrons. The summed E-state index contributed by atoms with van der Waals surface area (Å²) in [5, 5.41) is 0.719. The van der Waals surface area contributed by atoms with E-state index < -0.39 is 5.63 Å². The molecule has 0 bridgehead atoms. The molecule has 0 aliphatic carbocycles. The predicted molar refractivity (Wildman–Crippen MR) is 110 cm³/mol. The maximum absolute atomic E-state index is 12.4. The number of allylic oxidation sites excluding steroid dienone is 1. The molecule has 3 aromatic rings. The first kappa shape index (κ1) is 22.4. The van der Waals surface area contributed by atoms with Gasteiger partial charge in [0.05, 0.1) is 27.2 Å². The molecular formula is C23H24ClNO4. The summed E-state index contributed by atoms with van der Waals surface area (Å²) in [5.41, 5.74) is 0.716. The molecule has 29 heavy (non-hydrogen) atoms. The molecule has 0 saturated heterocycles. The average molecular weight is 414 g/mol. The van der Waals surface area contributed by atoms with E-state index in [4.69, 9.17) is 9.15 Å². The van der Waals surface area contributed by atoms with Gasteiger partial charge in [-0.2, -0.15) is 0 Å². The smallest absolute Gasteiger partial charge is 0.347 e. The van der Waals surface area contributed by atoms with E-state index in [0.29, 0.717) is 12.2 Å².